The maximum Gasteiger partial charge on any atom is 0.269 e. The van der Waals surface area contributed by atoms with Crippen LogP contribution in [0.5, 0.6) is 0 Å². The molecule has 0 radical (unpaired) electrons. The van der Waals surface area contributed by atoms with E-state index >= 15 is 0 Å². The van der Waals surface area contributed by atoms with Crippen LogP contribution in [0.4, 0.5) is 11.4 Å². The van der Waals surface area contributed by atoms with Crippen molar-refractivity contribution in [3.8, 4) is 11.1 Å². The Morgan fingerprint density at radius 2 is 1.25 bits per heavy atom. The van der Waals surface area contributed by atoms with Gasteiger partial charge in [0.05, 0.1) is 9.85 Å². The minimum atomic E-state index is -1.08. The topological polar surface area (TPSA) is 107 Å². The van der Waals surface area contributed by atoms with Gasteiger partial charge >= 0.3 is 0 Å². The van der Waals surface area contributed by atoms with Crippen molar-refractivity contribution in [2.75, 3.05) is 0 Å². The van der Waals surface area contributed by atoms with Crippen molar-refractivity contribution in [2.24, 2.45) is 0 Å². The van der Waals surface area contributed by atoms with Gasteiger partial charge < -0.3 is 5.11 Å². The van der Waals surface area contributed by atoms with Crippen LogP contribution >= 0.6 is 0 Å². The molecule has 1 N–H and O–H groups in total. The molecule has 100 valence electrons. The first-order chi connectivity index (χ1) is 9.49. The molecule has 0 unspecified atom stereocenters. The summed E-state index contributed by atoms with van der Waals surface area (Å²) in [5.74, 6) is 0. The Labute approximate surface area is 112 Å². The van der Waals surface area contributed by atoms with Crippen LogP contribution in [0.1, 0.15) is 17.2 Å². The molecule has 3 rings (SSSR count). The molecule has 2 aromatic carbocycles. The fourth-order valence-electron chi connectivity index (χ4n) is 2.44. The summed E-state index contributed by atoms with van der Waals surface area (Å²) in [6.07, 6.45) is -1.08. The Morgan fingerprint density at radius 1 is 0.850 bits per heavy atom. The summed E-state index contributed by atoms with van der Waals surface area (Å²) in [5.41, 5.74) is 1.88. The minimum Gasteiger partial charge on any atom is -0.384 e. The van der Waals surface area contributed by atoms with E-state index < -0.39 is 16.0 Å². The third-order valence-electron chi connectivity index (χ3n) is 3.37. The molecular formula is C13H8N2O5. The molecule has 1 aliphatic carbocycles. The van der Waals surface area contributed by atoms with Gasteiger partial charge in [-0.3, -0.25) is 20.2 Å². The molecule has 1 aliphatic rings. The van der Waals surface area contributed by atoms with E-state index in [0.717, 1.165) is 0 Å². The average molecular weight is 272 g/mol. The van der Waals surface area contributed by atoms with Crippen LogP contribution in [0.15, 0.2) is 36.4 Å². The molecule has 7 nitrogen and oxygen atoms in total. The van der Waals surface area contributed by atoms with Crippen molar-refractivity contribution in [1.29, 1.82) is 0 Å². The third kappa shape index (κ3) is 1.64. The lowest BCUT2D eigenvalue weighted by Gasteiger charge is -2.04. The molecule has 7 heteroatoms. The summed E-state index contributed by atoms with van der Waals surface area (Å²) in [6.45, 7) is 0. The number of non-ortho nitro benzene ring substituents is 2. The number of benzene rings is 2. The van der Waals surface area contributed by atoms with Gasteiger partial charge in [-0.15, -0.1) is 0 Å². The SMILES string of the molecule is O=[N+]([O-])c1ccc2c(c1)C(O)c1cc([N+](=O)[O-])ccc1-2. The molecule has 0 fully saturated rings. The van der Waals surface area contributed by atoms with Gasteiger partial charge in [-0.25, -0.2) is 0 Å². The number of aliphatic hydroxyl groups excluding tert-OH is 1. The molecule has 20 heavy (non-hydrogen) atoms. The van der Waals surface area contributed by atoms with E-state index in [2.05, 4.69) is 0 Å². The third-order valence-corrected chi connectivity index (χ3v) is 3.37. The number of aliphatic hydroxyl groups is 1. The van der Waals surface area contributed by atoms with E-state index in [1.807, 2.05) is 0 Å². The van der Waals surface area contributed by atoms with Crippen LogP contribution in [-0.4, -0.2) is 15.0 Å². The summed E-state index contributed by atoms with van der Waals surface area (Å²) in [5, 5.41) is 31.7. The number of hydrogen-bond donors (Lipinski definition) is 1. The Balaban J connectivity index is 2.18. The number of nitro groups is 2. The standard InChI is InChI=1S/C13H8N2O5/c16-13-11-5-7(14(17)18)1-3-9(11)10-4-2-8(15(19)20)6-12(10)13/h1-6,13,16H. The monoisotopic (exact) mass is 272 g/mol. The highest BCUT2D eigenvalue weighted by Crippen LogP contribution is 2.45. The maximum absolute atomic E-state index is 10.8. The van der Waals surface area contributed by atoms with E-state index in [-0.39, 0.29) is 11.4 Å². The molecular weight excluding hydrogens is 264 g/mol. The minimum absolute atomic E-state index is 0.120. The fourth-order valence-corrected chi connectivity index (χ4v) is 2.44. The van der Waals surface area contributed by atoms with Gasteiger partial charge in [-0.2, -0.15) is 0 Å². The first-order valence-corrected chi connectivity index (χ1v) is 5.74. The average Bonchev–Trinajstić information content (AvgIpc) is 2.71. The van der Waals surface area contributed by atoms with Gasteiger partial charge in [0.2, 0.25) is 0 Å². The highest BCUT2D eigenvalue weighted by Gasteiger charge is 2.30. The van der Waals surface area contributed by atoms with Crippen molar-refractivity contribution >= 4 is 11.4 Å². The molecule has 0 atom stereocenters. The first-order valence-electron chi connectivity index (χ1n) is 5.74. The molecule has 0 saturated carbocycles. The van der Waals surface area contributed by atoms with Crippen molar-refractivity contribution < 1.29 is 15.0 Å². The van der Waals surface area contributed by atoms with E-state index in [0.29, 0.717) is 22.3 Å². The lowest BCUT2D eigenvalue weighted by atomic mass is 10.1. The van der Waals surface area contributed by atoms with Gasteiger partial charge in [0.1, 0.15) is 6.10 Å². The van der Waals surface area contributed by atoms with E-state index in [1.54, 1.807) is 12.1 Å². The molecule has 0 saturated heterocycles. The van der Waals surface area contributed by atoms with Crippen molar-refractivity contribution in [3.05, 3.63) is 67.8 Å². The fraction of sp³-hybridized carbons (Fsp3) is 0.0769. The summed E-state index contributed by atoms with van der Waals surface area (Å²) in [4.78, 5) is 20.4. The van der Waals surface area contributed by atoms with Gasteiger partial charge in [0.15, 0.2) is 0 Å². The Morgan fingerprint density at radius 3 is 1.60 bits per heavy atom. The smallest absolute Gasteiger partial charge is 0.269 e. The van der Waals surface area contributed by atoms with Crippen LogP contribution in [0, 0.1) is 20.2 Å². The Kier molecular flexibility index (Phi) is 2.51. The molecule has 0 spiro atoms. The van der Waals surface area contributed by atoms with Gasteiger partial charge in [0.25, 0.3) is 11.4 Å². The van der Waals surface area contributed by atoms with Crippen molar-refractivity contribution in [3.63, 3.8) is 0 Å². The summed E-state index contributed by atoms with van der Waals surface area (Å²) in [6, 6.07) is 8.39. The van der Waals surface area contributed by atoms with Gasteiger partial charge in [-0.1, -0.05) is 0 Å². The predicted octanol–water partition coefficient (Wildman–Crippen LogP) is 2.57. The summed E-state index contributed by atoms with van der Waals surface area (Å²) in [7, 11) is 0. The van der Waals surface area contributed by atoms with Gasteiger partial charge in [0, 0.05) is 24.3 Å². The first kappa shape index (κ1) is 12.2. The number of nitrogens with zero attached hydrogens (tertiary/aromatic N) is 2. The lowest BCUT2D eigenvalue weighted by Crippen LogP contribution is -1.96. The van der Waals surface area contributed by atoms with Gasteiger partial charge in [-0.05, 0) is 34.4 Å². The van der Waals surface area contributed by atoms with E-state index in [1.165, 1.54) is 24.3 Å². The number of rotatable bonds is 2. The van der Waals surface area contributed by atoms with Crippen LogP contribution in [-0.2, 0) is 0 Å². The second-order valence-corrected chi connectivity index (χ2v) is 4.46. The van der Waals surface area contributed by atoms with Crippen molar-refractivity contribution in [2.45, 2.75) is 6.10 Å². The normalized spacial score (nSPS) is 12.8. The zero-order valence-corrected chi connectivity index (χ0v) is 10.0. The maximum atomic E-state index is 10.8. The Bertz CT molecular complexity index is 693. The van der Waals surface area contributed by atoms with E-state index in [9.17, 15) is 25.3 Å². The van der Waals surface area contributed by atoms with Crippen LogP contribution in [0.2, 0.25) is 0 Å². The second-order valence-electron chi connectivity index (χ2n) is 4.46. The van der Waals surface area contributed by atoms with Crippen LogP contribution in [0.25, 0.3) is 11.1 Å². The van der Waals surface area contributed by atoms with Crippen LogP contribution < -0.4 is 0 Å². The lowest BCUT2D eigenvalue weighted by molar-refractivity contribution is -0.385. The predicted molar refractivity (Wildman–Crippen MR) is 69.2 cm³/mol. The number of nitro benzene ring substituents is 2. The molecule has 2 aromatic rings. The zero-order valence-electron chi connectivity index (χ0n) is 10.0. The highest BCUT2D eigenvalue weighted by atomic mass is 16.6. The van der Waals surface area contributed by atoms with E-state index in [4.69, 9.17) is 0 Å². The summed E-state index contributed by atoms with van der Waals surface area (Å²) < 4.78 is 0. The zero-order chi connectivity index (χ0) is 14.4. The largest absolute Gasteiger partial charge is 0.384 e. The molecule has 0 aliphatic heterocycles. The number of fused-ring (bicyclic) bond motifs is 3. The molecule has 0 bridgehead atoms. The molecule has 0 heterocycles. The molecule has 0 aromatic heterocycles. The highest BCUT2D eigenvalue weighted by molar-refractivity contribution is 5.80. The van der Waals surface area contributed by atoms with Crippen molar-refractivity contribution in [1.82, 2.24) is 0 Å². The Hall–Kier alpha value is -2.80. The molecule has 0 amide bonds. The van der Waals surface area contributed by atoms with Crippen LogP contribution in [0.3, 0.4) is 0 Å². The number of hydrogen-bond acceptors (Lipinski definition) is 5. The second kappa shape index (κ2) is 4.10. The quantitative estimate of drug-likeness (QED) is 0.667. The summed E-state index contributed by atoms with van der Waals surface area (Å²) >= 11 is 0.